The second kappa shape index (κ2) is 6.08. The van der Waals surface area contributed by atoms with Crippen LogP contribution in [0.15, 0.2) is 24.8 Å². The summed E-state index contributed by atoms with van der Waals surface area (Å²) >= 11 is 0. The van der Waals surface area contributed by atoms with Gasteiger partial charge in [0.2, 0.25) is 0 Å². The molecule has 0 aromatic rings. The number of ether oxygens (including phenoxy) is 1. The molecule has 2 rings (SSSR count). The third kappa shape index (κ3) is 3.26. The van der Waals surface area contributed by atoms with E-state index in [1.165, 1.54) is 5.57 Å². The van der Waals surface area contributed by atoms with Crippen molar-refractivity contribution in [1.82, 2.24) is 0 Å². The SMILES string of the molecule is C=C[C@@]1(C)CC[C@H]2[C@](C)(CCC(=O)O)[C@@H](C(=C)C)CC[C@]2(C)O1. The Hall–Kier alpha value is -1.09. The van der Waals surface area contributed by atoms with Crippen LogP contribution < -0.4 is 0 Å². The van der Waals surface area contributed by atoms with E-state index in [-0.39, 0.29) is 23.0 Å². The fraction of sp³-hybridized carbons (Fsp3) is 0.750. The summed E-state index contributed by atoms with van der Waals surface area (Å²) in [5, 5.41) is 9.20. The highest BCUT2D eigenvalue weighted by atomic mass is 16.5. The van der Waals surface area contributed by atoms with Crippen LogP contribution >= 0.6 is 0 Å². The Morgan fingerprint density at radius 1 is 1.30 bits per heavy atom. The molecule has 0 spiro atoms. The standard InChI is InChI=1S/C20H32O3/c1-7-18(4)11-9-16-19(5,12-10-17(21)22)15(14(2)3)8-13-20(16,6)23-18/h7,15-16H,1-2,8-13H2,3-6H3,(H,21,22)/t15-,16+,18+,19-,20+/m1/s1. The summed E-state index contributed by atoms with van der Waals surface area (Å²) in [6, 6.07) is 0. The first-order chi connectivity index (χ1) is 10.6. The quantitative estimate of drug-likeness (QED) is 0.727. The molecule has 5 atom stereocenters. The van der Waals surface area contributed by atoms with E-state index in [2.05, 4.69) is 40.9 Å². The lowest BCUT2D eigenvalue weighted by Crippen LogP contribution is -2.59. The minimum absolute atomic E-state index is 0.0697. The molecular weight excluding hydrogens is 288 g/mol. The molecule has 3 heteroatoms. The van der Waals surface area contributed by atoms with Crippen molar-refractivity contribution in [2.24, 2.45) is 17.3 Å². The van der Waals surface area contributed by atoms with Crippen molar-refractivity contribution in [3.63, 3.8) is 0 Å². The first-order valence-electron chi connectivity index (χ1n) is 8.77. The number of allylic oxidation sites excluding steroid dienone is 1. The van der Waals surface area contributed by atoms with Gasteiger partial charge in [-0.05, 0) is 70.1 Å². The maximum absolute atomic E-state index is 11.2. The van der Waals surface area contributed by atoms with Crippen LogP contribution in [0.1, 0.15) is 66.2 Å². The molecule has 1 heterocycles. The molecule has 1 saturated heterocycles. The predicted molar refractivity (Wildman–Crippen MR) is 93.3 cm³/mol. The maximum Gasteiger partial charge on any atom is 0.303 e. The van der Waals surface area contributed by atoms with E-state index in [0.717, 1.165) is 25.7 Å². The number of carboxylic acid groups (broad SMARTS) is 1. The maximum atomic E-state index is 11.2. The summed E-state index contributed by atoms with van der Waals surface area (Å²) in [6.45, 7) is 16.8. The Labute approximate surface area is 140 Å². The second-order valence-electron chi connectivity index (χ2n) is 8.36. The fourth-order valence-corrected chi connectivity index (χ4v) is 5.32. The smallest absolute Gasteiger partial charge is 0.303 e. The average Bonchev–Trinajstić information content (AvgIpc) is 2.44. The normalized spacial score (nSPS) is 43.5. The minimum Gasteiger partial charge on any atom is -0.481 e. The van der Waals surface area contributed by atoms with Crippen LogP contribution in [0, 0.1) is 17.3 Å². The second-order valence-corrected chi connectivity index (χ2v) is 8.36. The van der Waals surface area contributed by atoms with E-state index in [1.807, 2.05) is 6.08 Å². The van der Waals surface area contributed by atoms with E-state index in [1.54, 1.807) is 0 Å². The number of carboxylic acids is 1. The largest absolute Gasteiger partial charge is 0.481 e. The Kier molecular flexibility index (Phi) is 4.83. The molecule has 1 aliphatic carbocycles. The van der Waals surface area contributed by atoms with Crippen LogP contribution in [-0.4, -0.2) is 22.3 Å². The monoisotopic (exact) mass is 320 g/mol. The van der Waals surface area contributed by atoms with Gasteiger partial charge in [0.15, 0.2) is 0 Å². The summed E-state index contributed by atoms with van der Waals surface area (Å²) in [4.78, 5) is 11.2. The molecule has 0 aromatic carbocycles. The van der Waals surface area contributed by atoms with Gasteiger partial charge in [0.05, 0.1) is 11.2 Å². The lowest BCUT2D eigenvalue weighted by atomic mass is 9.51. The van der Waals surface area contributed by atoms with Crippen LogP contribution in [0.5, 0.6) is 0 Å². The van der Waals surface area contributed by atoms with Gasteiger partial charge in [-0.1, -0.05) is 25.2 Å². The molecular formula is C20H32O3. The average molecular weight is 320 g/mol. The van der Waals surface area contributed by atoms with Crippen molar-refractivity contribution in [1.29, 1.82) is 0 Å². The summed E-state index contributed by atoms with van der Waals surface area (Å²) in [7, 11) is 0. The lowest BCUT2D eigenvalue weighted by molar-refractivity contribution is -0.234. The van der Waals surface area contributed by atoms with Crippen LogP contribution in [0.25, 0.3) is 0 Å². The van der Waals surface area contributed by atoms with Crippen molar-refractivity contribution >= 4 is 5.97 Å². The Morgan fingerprint density at radius 3 is 2.48 bits per heavy atom. The third-order valence-corrected chi connectivity index (χ3v) is 6.56. The zero-order valence-electron chi connectivity index (χ0n) is 15.2. The molecule has 1 N–H and O–H groups in total. The third-order valence-electron chi connectivity index (χ3n) is 6.56. The van der Waals surface area contributed by atoms with E-state index >= 15 is 0 Å². The van der Waals surface area contributed by atoms with E-state index in [0.29, 0.717) is 18.3 Å². The van der Waals surface area contributed by atoms with Crippen LogP contribution in [0.4, 0.5) is 0 Å². The summed E-state index contributed by atoms with van der Waals surface area (Å²) in [6.07, 6.45) is 6.85. The van der Waals surface area contributed by atoms with E-state index in [9.17, 15) is 9.90 Å². The lowest BCUT2D eigenvalue weighted by Gasteiger charge is -2.61. The molecule has 2 aliphatic rings. The highest BCUT2D eigenvalue weighted by Crippen LogP contribution is 2.60. The Bertz CT molecular complexity index is 511. The van der Waals surface area contributed by atoms with Crippen molar-refractivity contribution in [3.05, 3.63) is 24.8 Å². The molecule has 23 heavy (non-hydrogen) atoms. The van der Waals surface area contributed by atoms with Gasteiger partial charge in [-0.15, -0.1) is 6.58 Å². The van der Waals surface area contributed by atoms with Gasteiger partial charge in [-0.3, -0.25) is 4.79 Å². The van der Waals surface area contributed by atoms with Crippen molar-refractivity contribution in [2.45, 2.75) is 77.4 Å². The van der Waals surface area contributed by atoms with Gasteiger partial charge in [-0.25, -0.2) is 0 Å². The number of fused-ring (bicyclic) bond motifs is 1. The van der Waals surface area contributed by atoms with Crippen molar-refractivity contribution in [3.8, 4) is 0 Å². The van der Waals surface area contributed by atoms with E-state index < -0.39 is 5.97 Å². The molecule has 130 valence electrons. The number of rotatable bonds is 5. The number of hydrogen-bond donors (Lipinski definition) is 1. The molecule has 2 fully saturated rings. The van der Waals surface area contributed by atoms with E-state index in [4.69, 9.17) is 4.74 Å². The summed E-state index contributed by atoms with van der Waals surface area (Å²) < 4.78 is 6.55. The zero-order chi connectivity index (χ0) is 17.5. The van der Waals surface area contributed by atoms with Crippen LogP contribution in [0.3, 0.4) is 0 Å². The van der Waals surface area contributed by atoms with Gasteiger partial charge >= 0.3 is 5.97 Å². The van der Waals surface area contributed by atoms with Crippen molar-refractivity contribution < 1.29 is 14.6 Å². The Balaban J connectivity index is 2.36. The van der Waals surface area contributed by atoms with Gasteiger partial charge in [0, 0.05) is 6.42 Å². The summed E-state index contributed by atoms with van der Waals surface area (Å²) in [5.41, 5.74) is 0.631. The number of hydrogen-bond acceptors (Lipinski definition) is 2. The number of carbonyl (C=O) groups is 1. The first-order valence-corrected chi connectivity index (χ1v) is 8.77. The molecule has 1 saturated carbocycles. The molecule has 0 radical (unpaired) electrons. The molecule has 3 nitrogen and oxygen atoms in total. The molecule has 0 bridgehead atoms. The number of aliphatic carboxylic acids is 1. The van der Waals surface area contributed by atoms with Gasteiger partial charge in [-0.2, -0.15) is 0 Å². The minimum atomic E-state index is -0.716. The summed E-state index contributed by atoms with van der Waals surface area (Å²) in [5.74, 6) is 0.0149. The molecule has 0 unspecified atom stereocenters. The zero-order valence-corrected chi connectivity index (χ0v) is 15.2. The van der Waals surface area contributed by atoms with Gasteiger partial charge in [0.1, 0.15) is 0 Å². The highest BCUT2D eigenvalue weighted by molar-refractivity contribution is 5.66. The van der Waals surface area contributed by atoms with Crippen LogP contribution in [-0.2, 0) is 9.53 Å². The molecule has 0 aromatic heterocycles. The fourth-order valence-electron chi connectivity index (χ4n) is 5.32. The highest BCUT2D eigenvalue weighted by Gasteiger charge is 2.57. The predicted octanol–water partition coefficient (Wildman–Crippen LogP) is 4.97. The van der Waals surface area contributed by atoms with Crippen LogP contribution in [0.2, 0.25) is 0 Å². The Morgan fingerprint density at radius 2 is 1.96 bits per heavy atom. The topological polar surface area (TPSA) is 46.5 Å². The molecule has 1 aliphatic heterocycles. The van der Waals surface area contributed by atoms with Crippen molar-refractivity contribution in [2.75, 3.05) is 0 Å². The molecule has 0 amide bonds. The van der Waals surface area contributed by atoms with Gasteiger partial charge < -0.3 is 9.84 Å². The first kappa shape index (κ1) is 18.3. The van der Waals surface area contributed by atoms with Gasteiger partial charge in [0.25, 0.3) is 0 Å².